The van der Waals surface area contributed by atoms with Crippen molar-refractivity contribution in [3.63, 3.8) is 0 Å². The molecule has 1 heterocycles. The number of benzene rings is 1. The Morgan fingerprint density at radius 2 is 2.30 bits per heavy atom. The van der Waals surface area contributed by atoms with Crippen LogP contribution in [0.5, 0.6) is 0 Å². The Kier molecular flexibility index (Phi) is 0.965. The fourth-order valence-corrected chi connectivity index (χ4v) is 0.954. The molecule has 0 bridgehead atoms. The first-order valence-corrected chi connectivity index (χ1v) is 3.00. The summed E-state index contributed by atoms with van der Waals surface area (Å²) in [4.78, 5) is 0. The van der Waals surface area contributed by atoms with Gasteiger partial charge in [0.05, 0.1) is 6.07 Å². The van der Waals surface area contributed by atoms with E-state index in [1.807, 2.05) is 0 Å². The molecule has 0 aliphatic carbocycles. The summed E-state index contributed by atoms with van der Waals surface area (Å²) >= 11 is 0. The van der Waals surface area contributed by atoms with E-state index in [0.717, 1.165) is 11.3 Å². The summed E-state index contributed by atoms with van der Waals surface area (Å²) < 4.78 is 12.5. The van der Waals surface area contributed by atoms with Crippen LogP contribution in [0.2, 0.25) is 0 Å². The van der Waals surface area contributed by atoms with Crippen LogP contribution in [0.3, 0.4) is 0 Å². The van der Waals surface area contributed by atoms with Gasteiger partial charge in [0.15, 0.2) is 5.56 Å². The molecule has 0 amide bonds. The zero-order chi connectivity index (χ0) is 6.97. The number of hydrogen-bond donors (Lipinski definition) is 1. The highest BCUT2D eigenvalue weighted by Crippen LogP contribution is 2.22. The van der Waals surface area contributed by atoms with E-state index < -0.39 is 0 Å². The molecule has 1 aromatic carbocycles. The second-order valence-corrected chi connectivity index (χ2v) is 2.15. The quantitative estimate of drug-likeness (QED) is 0.535. The van der Waals surface area contributed by atoms with Crippen molar-refractivity contribution in [2.24, 2.45) is 0 Å². The van der Waals surface area contributed by atoms with Crippen LogP contribution in [0, 0.1) is 12.0 Å². The van der Waals surface area contributed by atoms with Crippen LogP contribution >= 0.6 is 0 Å². The standard InChI is InChI=1S/C8H5FN/c9-7-2-1-6-3-4-10-8(6)5-7/h1-3,5,10H/q+1. The van der Waals surface area contributed by atoms with Crippen molar-refractivity contribution in [3.8, 4) is 0 Å². The van der Waals surface area contributed by atoms with E-state index in [2.05, 4.69) is 11.5 Å². The van der Waals surface area contributed by atoms with Crippen LogP contribution in [0.1, 0.15) is 5.56 Å². The van der Waals surface area contributed by atoms with Gasteiger partial charge in [-0.3, -0.25) is 0 Å². The molecule has 0 fully saturated rings. The lowest BCUT2D eigenvalue weighted by Gasteiger charge is -1.86. The third kappa shape index (κ3) is 0.668. The molecule has 0 saturated heterocycles. The highest BCUT2D eigenvalue weighted by atomic mass is 19.1. The average Bonchev–Trinajstić information content (AvgIpc) is 2.33. The first-order valence-electron chi connectivity index (χ1n) is 3.00. The average molecular weight is 134 g/mol. The monoisotopic (exact) mass is 134 g/mol. The number of rotatable bonds is 0. The van der Waals surface area contributed by atoms with Gasteiger partial charge >= 0.3 is 0 Å². The molecular formula is C8H5FN+. The maximum atomic E-state index is 12.5. The Bertz CT molecular complexity index is 291. The minimum Gasteiger partial charge on any atom is -0.206 e. The molecule has 1 nitrogen and oxygen atoms in total. The Morgan fingerprint density at radius 1 is 1.40 bits per heavy atom. The first kappa shape index (κ1) is 5.39. The summed E-state index contributed by atoms with van der Waals surface area (Å²) in [5.74, 6) is -0.219. The van der Waals surface area contributed by atoms with Gasteiger partial charge in [-0.25, -0.2) is 4.39 Å². The lowest BCUT2D eigenvalue weighted by atomic mass is 10.2. The molecule has 1 aliphatic rings. The molecule has 0 atom stereocenters. The Morgan fingerprint density at radius 3 is 3.20 bits per heavy atom. The van der Waals surface area contributed by atoms with Gasteiger partial charge in [0, 0.05) is 6.07 Å². The van der Waals surface area contributed by atoms with Crippen LogP contribution in [0.4, 0.5) is 10.1 Å². The minimum atomic E-state index is -0.219. The smallest absolute Gasteiger partial charge is 0.201 e. The lowest BCUT2D eigenvalue weighted by molar-refractivity contribution is 0.628. The number of fused-ring (bicyclic) bond motifs is 1. The van der Waals surface area contributed by atoms with E-state index in [0.29, 0.717) is 0 Å². The Balaban J connectivity index is 2.59. The highest BCUT2D eigenvalue weighted by molar-refractivity contribution is 5.72. The summed E-state index contributed by atoms with van der Waals surface area (Å²) in [6.45, 7) is 0. The molecule has 2 rings (SSSR count). The van der Waals surface area contributed by atoms with E-state index >= 15 is 0 Å². The highest BCUT2D eigenvalue weighted by Gasteiger charge is 2.15. The second kappa shape index (κ2) is 1.79. The normalized spacial score (nSPS) is 12.1. The van der Waals surface area contributed by atoms with E-state index in [1.54, 1.807) is 12.1 Å². The van der Waals surface area contributed by atoms with Gasteiger partial charge in [0.1, 0.15) is 18.1 Å². The summed E-state index contributed by atoms with van der Waals surface area (Å²) in [6.07, 6.45) is 4.56. The molecule has 0 spiro atoms. The van der Waals surface area contributed by atoms with Gasteiger partial charge in [-0.2, -0.15) is 5.32 Å². The fourth-order valence-electron chi connectivity index (χ4n) is 0.954. The van der Waals surface area contributed by atoms with Crippen molar-refractivity contribution in [1.82, 2.24) is 0 Å². The van der Waals surface area contributed by atoms with Crippen LogP contribution in [-0.4, -0.2) is 0 Å². The maximum absolute atomic E-state index is 12.5. The molecular weight excluding hydrogens is 129 g/mol. The molecule has 1 aliphatic heterocycles. The minimum absolute atomic E-state index is 0.219. The van der Waals surface area contributed by atoms with E-state index in [4.69, 9.17) is 0 Å². The molecule has 2 heteroatoms. The molecule has 0 unspecified atom stereocenters. The van der Waals surface area contributed by atoms with Gasteiger partial charge < -0.3 is 0 Å². The summed E-state index contributed by atoms with van der Waals surface area (Å²) in [5, 5.41) is 2.80. The van der Waals surface area contributed by atoms with Crippen molar-refractivity contribution < 1.29 is 4.39 Å². The molecule has 1 N–H and O–H groups in total. The second-order valence-electron chi connectivity index (χ2n) is 2.15. The van der Waals surface area contributed by atoms with Crippen LogP contribution < -0.4 is 5.32 Å². The maximum Gasteiger partial charge on any atom is 0.201 e. The van der Waals surface area contributed by atoms with Crippen LogP contribution in [0.25, 0.3) is 6.08 Å². The summed E-state index contributed by atoms with van der Waals surface area (Å²) in [7, 11) is 0. The van der Waals surface area contributed by atoms with Gasteiger partial charge in [-0.15, -0.1) is 0 Å². The topological polar surface area (TPSA) is 12.0 Å². The lowest BCUT2D eigenvalue weighted by Crippen LogP contribution is -1.84. The van der Waals surface area contributed by atoms with Gasteiger partial charge in [0.2, 0.25) is 5.69 Å². The van der Waals surface area contributed by atoms with Gasteiger partial charge in [0.25, 0.3) is 0 Å². The van der Waals surface area contributed by atoms with Gasteiger partial charge in [-0.1, -0.05) is 0 Å². The molecule has 10 heavy (non-hydrogen) atoms. The molecule has 1 aromatic rings. The van der Waals surface area contributed by atoms with E-state index in [1.165, 1.54) is 12.1 Å². The fraction of sp³-hybridized carbons (Fsp3) is 0. The molecule has 0 saturated carbocycles. The van der Waals surface area contributed by atoms with Gasteiger partial charge in [-0.05, 0) is 6.07 Å². The molecule has 0 radical (unpaired) electrons. The van der Waals surface area contributed by atoms with E-state index in [9.17, 15) is 4.39 Å². The van der Waals surface area contributed by atoms with E-state index in [-0.39, 0.29) is 5.82 Å². The van der Waals surface area contributed by atoms with Crippen molar-refractivity contribution in [3.05, 3.63) is 35.8 Å². The molecule has 0 aromatic heterocycles. The Labute approximate surface area is 58.2 Å². The molecule has 48 valence electrons. The van der Waals surface area contributed by atoms with Crippen molar-refractivity contribution in [1.29, 1.82) is 0 Å². The predicted molar refractivity (Wildman–Crippen MR) is 37.7 cm³/mol. The number of hydrogen-bond acceptors (Lipinski definition) is 1. The largest absolute Gasteiger partial charge is 0.206 e. The third-order valence-corrected chi connectivity index (χ3v) is 1.45. The summed E-state index contributed by atoms with van der Waals surface area (Å²) in [5.41, 5.74) is 1.78. The van der Waals surface area contributed by atoms with Crippen LogP contribution in [-0.2, 0) is 0 Å². The number of anilines is 1. The Hall–Kier alpha value is -1.40. The zero-order valence-electron chi connectivity index (χ0n) is 5.19. The van der Waals surface area contributed by atoms with Crippen molar-refractivity contribution in [2.45, 2.75) is 0 Å². The number of halogens is 1. The zero-order valence-corrected chi connectivity index (χ0v) is 5.19. The number of nitrogens with one attached hydrogen (secondary N) is 1. The third-order valence-electron chi connectivity index (χ3n) is 1.45. The first-order chi connectivity index (χ1) is 4.86. The van der Waals surface area contributed by atoms with Crippen molar-refractivity contribution >= 4 is 11.8 Å². The predicted octanol–water partition coefficient (Wildman–Crippen LogP) is 2.03. The summed E-state index contributed by atoms with van der Waals surface area (Å²) in [6, 6.07) is 4.60. The van der Waals surface area contributed by atoms with Crippen LogP contribution in [0.15, 0.2) is 18.2 Å². The van der Waals surface area contributed by atoms with Crippen molar-refractivity contribution in [2.75, 3.05) is 5.32 Å². The SMILES string of the molecule is Fc1ccc2c(c1)N[C+]=C2.